The molecule has 0 amide bonds. The number of morpholine rings is 1. The molecule has 1 aliphatic rings. The van der Waals surface area contributed by atoms with Crippen LogP contribution in [-0.2, 0) is 17.8 Å². The molecule has 0 bridgehead atoms. The van der Waals surface area contributed by atoms with Crippen molar-refractivity contribution in [1.29, 1.82) is 0 Å². The summed E-state index contributed by atoms with van der Waals surface area (Å²) in [5.74, 6) is -0.171. The number of rotatable bonds is 3. The summed E-state index contributed by atoms with van der Waals surface area (Å²) in [6.07, 6.45) is 0. The maximum Gasteiger partial charge on any atom is 0.128 e. The highest BCUT2D eigenvalue weighted by molar-refractivity contribution is 5.24. The van der Waals surface area contributed by atoms with Crippen LogP contribution in [0.4, 0.5) is 4.39 Å². The van der Waals surface area contributed by atoms with Gasteiger partial charge >= 0.3 is 0 Å². The Hall–Kier alpha value is -0.970. The van der Waals surface area contributed by atoms with E-state index < -0.39 is 0 Å². The largest absolute Gasteiger partial charge is 0.367 e. The van der Waals surface area contributed by atoms with Crippen LogP contribution in [0.25, 0.3) is 0 Å². The second-order valence-electron chi connectivity index (χ2n) is 6.90. The fraction of sp³-hybridized carbons (Fsp3) is 0.625. The fourth-order valence-electron chi connectivity index (χ4n) is 3.14. The molecule has 0 atom stereocenters. The first-order chi connectivity index (χ1) is 9.21. The molecule has 1 heterocycles. The molecule has 112 valence electrons. The van der Waals surface area contributed by atoms with E-state index in [-0.39, 0.29) is 17.0 Å². The highest BCUT2D eigenvalue weighted by Gasteiger charge is 2.38. The molecule has 0 aromatic heterocycles. The Balaban J connectivity index is 2.13. The summed E-state index contributed by atoms with van der Waals surface area (Å²) < 4.78 is 20.1. The summed E-state index contributed by atoms with van der Waals surface area (Å²) in [6.45, 7) is 10.9. The van der Waals surface area contributed by atoms with Gasteiger partial charge in [-0.15, -0.1) is 0 Å². The molecular weight excluding hydrogens is 255 g/mol. The van der Waals surface area contributed by atoms with Crippen molar-refractivity contribution < 1.29 is 9.13 Å². The van der Waals surface area contributed by atoms with Gasteiger partial charge in [-0.25, -0.2) is 4.39 Å². The van der Waals surface area contributed by atoms with E-state index in [0.29, 0.717) is 13.1 Å². The van der Waals surface area contributed by atoms with Gasteiger partial charge in [0.1, 0.15) is 5.82 Å². The molecule has 2 rings (SSSR count). The van der Waals surface area contributed by atoms with Gasteiger partial charge in [0.25, 0.3) is 0 Å². The Bertz CT molecular complexity index is 469. The summed E-state index contributed by atoms with van der Waals surface area (Å²) in [7, 11) is 0. The molecular formula is C16H25FN2O. The van der Waals surface area contributed by atoms with Crippen molar-refractivity contribution in [3.63, 3.8) is 0 Å². The highest BCUT2D eigenvalue weighted by atomic mass is 19.1. The molecule has 4 heteroatoms. The van der Waals surface area contributed by atoms with Crippen LogP contribution in [0.5, 0.6) is 0 Å². The average molecular weight is 280 g/mol. The number of nitrogens with zero attached hydrogens (tertiary/aromatic N) is 1. The number of ether oxygens (including phenoxy) is 1. The van der Waals surface area contributed by atoms with Crippen LogP contribution >= 0.6 is 0 Å². The molecule has 3 nitrogen and oxygen atoms in total. The predicted molar refractivity (Wildman–Crippen MR) is 78.8 cm³/mol. The first-order valence-corrected chi connectivity index (χ1v) is 7.11. The van der Waals surface area contributed by atoms with Crippen LogP contribution in [0, 0.1) is 5.82 Å². The molecule has 2 N–H and O–H groups in total. The predicted octanol–water partition coefficient (Wildman–Crippen LogP) is 2.67. The van der Waals surface area contributed by atoms with E-state index in [2.05, 4.69) is 32.6 Å². The summed E-state index contributed by atoms with van der Waals surface area (Å²) >= 11 is 0. The summed E-state index contributed by atoms with van der Waals surface area (Å²) in [5, 5.41) is 0. The zero-order chi connectivity index (χ0) is 15.0. The van der Waals surface area contributed by atoms with Crippen LogP contribution in [0.15, 0.2) is 18.2 Å². The summed E-state index contributed by atoms with van der Waals surface area (Å²) in [4.78, 5) is 2.25. The van der Waals surface area contributed by atoms with Gasteiger partial charge in [0.05, 0.1) is 11.2 Å². The van der Waals surface area contributed by atoms with Crippen molar-refractivity contribution in [3.8, 4) is 0 Å². The Morgan fingerprint density at radius 2 is 1.80 bits per heavy atom. The molecule has 0 radical (unpaired) electrons. The van der Waals surface area contributed by atoms with Crippen molar-refractivity contribution in [2.45, 2.75) is 52.0 Å². The maximum atomic E-state index is 14.1. The van der Waals surface area contributed by atoms with Crippen molar-refractivity contribution >= 4 is 0 Å². The SMILES string of the molecule is CC1(C)CN(Cc2ccc(CN)cc2F)CC(C)(C)O1. The molecule has 0 spiro atoms. The number of nitrogens with two attached hydrogens (primary N) is 1. The van der Waals surface area contributed by atoms with Gasteiger partial charge in [-0.2, -0.15) is 0 Å². The Labute approximate surface area is 120 Å². The minimum Gasteiger partial charge on any atom is -0.367 e. The lowest BCUT2D eigenvalue weighted by Gasteiger charge is -2.47. The molecule has 1 fully saturated rings. The van der Waals surface area contributed by atoms with Crippen molar-refractivity contribution in [2.24, 2.45) is 5.73 Å². The van der Waals surface area contributed by atoms with E-state index in [1.165, 1.54) is 6.07 Å². The zero-order valence-electron chi connectivity index (χ0n) is 12.9. The quantitative estimate of drug-likeness (QED) is 0.925. The van der Waals surface area contributed by atoms with Crippen molar-refractivity contribution in [3.05, 3.63) is 35.1 Å². The molecule has 1 aromatic carbocycles. The van der Waals surface area contributed by atoms with E-state index in [9.17, 15) is 4.39 Å². The zero-order valence-corrected chi connectivity index (χ0v) is 12.9. The van der Waals surface area contributed by atoms with E-state index >= 15 is 0 Å². The molecule has 0 unspecified atom stereocenters. The van der Waals surface area contributed by atoms with Gasteiger partial charge in [0.2, 0.25) is 0 Å². The summed E-state index contributed by atoms with van der Waals surface area (Å²) in [6, 6.07) is 5.27. The lowest BCUT2D eigenvalue weighted by molar-refractivity contribution is -0.182. The molecule has 20 heavy (non-hydrogen) atoms. The number of benzene rings is 1. The number of hydrogen-bond donors (Lipinski definition) is 1. The topological polar surface area (TPSA) is 38.5 Å². The Morgan fingerprint density at radius 1 is 1.20 bits per heavy atom. The van der Waals surface area contributed by atoms with Gasteiger partial charge in [0, 0.05) is 31.7 Å². The second-order valence-corrected chi connectivity index (χ2v) is 6.90. The minimum atomic E-state index is -0.213. The average Bonchev–Trinajstić information content (AvgIpc) is 2.27. The monoisotopic (exact) mass is 280 g/mol. The van der Waals surface area contributed by atoms with E-state index in [4.69, 9.17) is 10.5 Å². The Kier molecular flexibility index (Phi) is 4.19. The van der Waals surface area contributed by atoms with Crippen molar-refractivity contribution in [2.75, 3.05) is 13.1 Å². The van der Waals surface area contributed by atoms with Gasteiger partial charge < -0.3 is 10.5 Å². The molecule has 1 aromatic rings. The maximum absolute atomic E-state index is 14.1. The van der Waals surface area contributed by atoms with Crippen LogP contribution < -0.4 is 5.73 Å². The lowest BCUT2D eigenvalue weighted by atomic mass is 9.98. The Morgan fingerprint density at radius 3 is 2.30 bits per heavy atom. The fourth-order valence-corrected chi connectivity index (χ4v) is 3.14. The number of hydrogen-bond acceptors (Lipinski definition) is 3. The minimum absolute atomic E-state index is 0.171. The van der Waals surface area contributed by atoms with Crippen LogP contribution in [-0.4, -0.2) is 29.2 Å². The molecule has 0 aliphatic carbocycles. The normalized spacial score (nSPS) is 21.9. The van der Waals surface area contributed by atoms with Gasteiger partial charge in [-0.05, 0) is 39.3 Å². The lowest BCUT2D eigenvalue weighted by Crippen LogP contribution is -2.56. The molecule has 1 saturated heterocycles. The van der Waals surface area contributed by atoms with E-state index in [1.54, 1.807) is 0 Å². The first-order valence-electron chi connectivity index (χ1n) is 7.11. The van der Waals surface area contributed by atoms with E-state index in [1.807, 2.05) is 12.1 Å². The van der Waals surface area contributed by atoms with Crippen LogP contribution in [0.2, 0.25) is 0 Å². The van der Waals surface area contributed by atoms with Gasteiger partial charge in [-0.1, -0.05) is 12.1 Å². The van der Waals surface area contributed by atoms with Crippen molar-refractivity contribution in [1.82, 2.24) is 4.90 Å². The second kappa shape index (κ2) is 5.43. The van der Waals surface area contributed by atoms with E-state index in [0.717, 1.165) is 24.2 Å². The van der Waals surface area contributed by atoms with Gasteiger partial charge in [0.15, 0.2) is 0 Å². The third-order valence-corrected chi connectivity index (χ3v) is 3.51. The third kappa shape index (κ3) is 3.78. The molecule has 1 aliphatic heterocycles. The third-order valence-electron chi connectivity index (χ3n) is 3.51. The highest BCUT2D eigenvalue weighted by Crippen LogP contribution is 2.29. The van der Waals surface area contributed by atoms with Crippen LogP contribution in [0.1, 0.15) is 38.8 Å². The number of halogens is 1. The molecule has 0 saturated carbocycles. The van der Waals surface area contributed by atoms with Crippen LogP contribution in [0.3, 0.4) is 0 Å². The summed E-state index contributed by atoms with van der Waals surface area (Å²) in [5.41, 5.74) is 6.65. The standard InChI is InChI=1S/C16H25FN2O/c1-15(2)10-19(11-16(3,4)20-15)9-13-6-5-12(8-18)7-14(13)17/h5-7H,8-11,18H2,1-4H3. The first kappa shape index (κ1) is 15.4. The smallest absolute Gasteiger partial charge is 0.128 e. The van der Waals surface area contributed by atoms with Gasteiger partial charge in [-0.3, -0.25) is 4.90 Å².